The molecule has 0 amide bonds. The maximum Gasteiger partial charge on any atom is 0.0236 e. The van der Waals surface area contributed by atoms with Gasteiger partial charge >= 0.3 is 0 Å². The van der Waals surface area contributed by atoms with Gasteiger partial charge < -0.3 is 0 Å². The van der Waals surface area contributed by atoms with Gasteiger partial charge in [-0.1, -0.05) is 78.5 Å². The maximum atomic E-state index is 2.25. The summed E-state index contributed by atoms with van der Waals surface area (Å²) < 4.78 is 0. The lowest BCUT2D eigenvalue weighted by Gasteiger charge is -2.21. The van der Waals surface area contributed by atoms with Crippen molar-refractivity contribution < 1.29 is 0 Å². The minimum atomic E-state index is 1.04. The number of rotatable bonds is 1. The standard InChI is InChI=1S/C19H14S/c1-2-7-14(8-3-1)17-11-6-10-16-13-15-9-4-5-12-18(15)20-19(16)17/h1-12H,13H2. The molecule has 0 saturated carbocycles. The largest absolute Gasteiger partial charge is 0.0888 e. The van der Waals surface area contributed by atoms with E-state index in [1.165, 1.54) is 32.0 Å². The fourth-order valence-electron chi connectivity index (χ4n) is 2.75. The van der Waals surface area contributed by atoms with Crippen molar-refractivity contribution in [2.24, 2.45) is 0 Å². The lowest BCUT2D eigenvalue weighted by atomic mass is 9.98. The summed E-state index contributed by atoms with van der Waals surface area (Å²) in [5.74, 6) is 0. The Morgan fingerprint density at radius 2 is 1.40 bits per heavy atom. The third-order valence-corrected chi connectivity index (χ3v) is 5.05. The first kappa shape index (κ1) is 11.8. The van der Waals surface area contributed by atoms with Crippen molar-refractivity contribution >= 4 is 11.8 Å². The smallest absolute Gasteiger partial charge is 0.0236 e. The SMILES string of the molecule is c1ccc(-c2cccc3c2Sc2ccccc2C3)cc1. The van der Waals surface area contributed by atoms with E-state index in [0.29, 0.717) is 0 Å². The molecule has 0 unspecified atom stereocenters. The lowest BCUT2D eigenvalue weighted by molar-refractivity contribution is 1.06. The third-order valence-electron chi connectivity index (χ3n) is 3.75. The average Bonchev–Trinajstić information content (AvgIpc) is 2.53. The second kappa shape index (κ2) is 4.84. The average molecular weight is 274 g/mol. The van der Waals surface area contributed by atoms with Crippen LogP contribution in [0.3, 0.4) is 0 Å². The highest BCUT2D eigenvalue weighted by molar-refractivity contribution is 7.99. The summed E-state index contributed by atoms with van der Waals surface area (Å²) in [5, 5.41) is 0. The molecule has 20 heavy (non-hydrogen) atoms. The van der Waals surface area contributed by atoms with Gasteiger partial charge in [-0.3, -0.25) is 0 Å². The zero-order valence-electron chi connectivity index (χ0n) is 11.0. The van der Waals surface area contributed by atoms with Crippen LogP contribution >= 0.6 is 11.8 Å². The number of benzene rings is 3. The van der Waals surface area contributed by atoms with Crippen LogP contribution in [0.1, 0.15) is 11.1 Å². The van der Waals surface area contributed by atoms with E-state index < -0.39 is 0 Å². The molecule has 0 aromatic heterocycles. The topological polar surface area (TPSA) is 0 Å². The van der Waals surface area contributed by atoms with E-state index in [1.807, 2.05) is 11.8 Å². The van der Waals surface area contributed by atoms with Crippen molar-refractivity contribution in [1.82, 2.24) is 0 Å². The summed E-state index contributed by atoms with van der Waals surface area (Å²) in [4.78, 5) is 2.81. The lowest BCUT2D eigenvalue weighted by Crippen LogP contribution is -2.00. The summed E-state index contributed by atoms with van der Waals surface area (Å²) in [7, 11) is 0. The summed E-state index contributed by atoms with van der Waals surface area (Å²) in [6.07, 6.45) is 1.04. The van der Waals surface area contributed by atoms with Crippen LogP contribution < -0.4 is 0 Å². The minimum Gasteiger partial charge on any atom is -0.0888 e. The molecule has 3 aromatic carbocycles. The molecule has 0 atom stereocenters. The first-order chi connectivity index (χ1) is 9.92. The second-order valence-corrected chi connectivity index (χ2v) is 6.10. The van der Waals surface area contributed by atoms with Gasteiger partial charge in [-0.15, -0.1) is 0 Å². The highest BCUT2D eigenvalue weighted by Gasteiger charge is 2.18. The predicted octanol–water partition coefficient (Wildman–Crippen LogP) is 5.41. The van der Waals surface area contributed by atoms with Crippen molar-refractivity contribution in [3.8, 4) is 11.1 Å². The third kappa shape index (κ3) is 1.95. The molecule has 0 N–H and O–H groups in total. The summed E-state index contributed by atoms with van der Waals surface area (Å²) in [6.45, 7) is 0. The van der Waals surface area contributed by atoms with Crippen LogP contribution in [0.15, 0.2) is 82.6 Å². The first-order valence-electron chi connectivity index (χ1n) is 6.85. The van der Waals surface area contributed by atoms with E-state index in [4.69, 9.17) is 0 Å². The Bertz CT molecular complexity index is 760. The molecular weight excluding hydrogens is 260 g/mol. The highest BCUT2D eigenvalue weighted by atomic mass is 32.2. The van der Waals surface area contributed by atoms with Crippen LogP contribution in [0.5, 0.6) is 0 Å². The molecule has 4 rings (SSSR count). The first-order valence-corrected chi connectivity index (χ1v) is 7.66. The van der Waals surface area contributed by atoms with Crippen LogP contribution in [-0.4, -0.2) is 0 Å². The molecular formula is C19H14S. The quantitative estimate of drug-likeness (QED) is 0.447. The zero-order chi connectivity index (χ0) is 13.4. The summed E-state index contributed by atoms with van der Waals surface area (Å²) in [6, 6.07) is 26.1. The van der Waals surface area contributed by atoms with Crippen molar-refractivity contribution in [3.63, 3.8) is 0 Å². The molecule has 96 valence electrons. The van der Waals surface area contributed by atoms with Gasteiger partial charge in [-0.05, 0) is 34.7 Å². The van der Waals surface area contributed by atoms with E-state index in [0.717, 1.165) is 6.42 Å². The molecule has 0 nitrogen and oxygen atoms in total. The maximum absolute atomic E-state index is 2.25. The Hall–Kier alpha value is -1.99. The van der Waals surface area contributed by atoms with E-state index in [-0.39, 0.29) is 0 Å². The van der Waals surface area contributed by atoms with Crippen LogP contribution in [0.25, 0.3) is 11.1 Å². The highest BCUT2D eigenvalue weighted by Crippen LogP contribution is 2.44. The van der Waals surface area contributed by atoms with Crippen LogP contribution in [-0.2, 0) is 6.42 Å². The van der Waals surface area contributed by atoms with Crippen LogP contribution in [0, 0.1) is 0 Å². The molecule has 0 saturated heterocycles. The van der Waals surface area contributed by atoms with Crippen molar-refractivity contribution in [1.29, 1.82) is 0 Å². The minimum absolute atomic E-state index is 1.04. The Labute approximate surface area is 123 Å². The molecule has 0 bridgehead atoms. The van der Waals surface area contributed by atoms with E-state index >= 15 is 0 Å². The summed E-state index contributed by atoms with van der Waals surface area (Å²) >= 11 is 1.90. The van der Waals surface area contributed by atoms with Gasteiger partial charge in [-0.25, -0.2) is 0 Å². The molecule has 1 heteroatoms. The zero-order valence-corrected chi connectivity index (χ0v) is 11.9. The fraction of sp³-hybridized carbons (Fsp3) is 0.0526. The summed E-state index contributed by atoms with van der Waals surface area (Å²) in [5.41, 5.74) is 5.53. The fourth-order valence-corrected chi connectivity index (χ4v) is 3.96. The van der Waals surface area contributed by atoms with Crippen molar-refractivity contribution in [2.45, 2.75) is 16.2 Å². The number of hydrogen-bond acceptors (Lipinski definition) is 1. The van der Waals surface area contributed by atoms with Crippen LogP contribution in [0.2, 0.25) is 0 Å². The Balaban J connectivity index is 1.87. The Morgan fingerprint density at radius 3 is 2.30 bits per heavy atom. The van der Waals surface area contributed by atoms with Gasteiger partial charge in [0.2, 0.25) is 0 Å². The van der Waals surface area contributed by atoms with Gasteiger partial charge in [0.25, 0.3) is 0 Å². The van der Waals surface area contributed by atoms with Gasteiger partial charge in [0.1, 0.15) is 0 Å². The van der Waals surface area contributed by atoms with E-state index in [9.17, 15) is 0 Å². The molecule has 0 aliphatic carbocycles. The molecule has 3 aromatic rings. The normalized spacial score (nSPS) is 12.6. The Morgan fingerprint density at radius 1 is 0.650 bits per heavy atom. The molecule has 1 aliphatic heterocycles. The van der Waals surface area contributed by atoms with Gasteiger partial charge in [0.05, 0.1) is 0 Å². The predicted molar refractivity (Wildman–Crippen MR) is 85.2 cm³/mol. The number of fused-ring (bicyclic) bond motifs is 2. The van der Waals surface area contributed by atoms with Gasteiger partial charge in [0.15, 0.2) is 0 Å². The van der Waals surface area contributed by atoms with Crippen LogP contribution in [0.4, 0.5) is 0 Å². The molecule has 0 fully saturated rings. The van der Waals surface area contributed by atoms with Crippen molar-refractivity contribution in [2.75, 3.05) is 0 Å². The molecule has 1 aliphatic rings. The van der Waals surface area contributed by atoms with E-state index in [2.05, 4.69) is 72.8 Å². The monoisotopic (exact) mass is 274 g/mol. The van der Waals surface area contributed by atoms with Gasteiger partial charge in [0, 0.05) is 9.79 Å². The second-order valence-electron chi connectivity index (χ2n) is 5.05. The Kier molecular flexibility index (Phi) is 2.86. The number of hydrogen-bond donors (Lipinski definition) is 0. The van der Waals surface area contributed by atoms with E-state index in [1.54, 1.807) is 0 Å². The van der Waals surface area contributed by atoms with Gasteiger partial charge in [-0.2, -0.15) is 0 Å². The molecule has 0 spiro atoms. The molecule has 1 heterocycles. The van der Waals surface area contributed by atoms with Crippen molar-refractivity contribution in [3.05, 3.63) is 83.9 Å². The molecule has 0 radical (unpaired) electrons.